The predicted octanol–water partition coefficient (Wildman–Crippen LogP) is 3.19. The van der Waals surface area contributed by atoms with Gasteiger partial charge in [-0.3, -0.25) is 9.48 Å². The summed E-state index contributed by atoms with van der Waals surface area (Å²) in [5, 5.41) is 12.8. The zero-order valence-corrected chi connectivity index (χ0v) is 18.1. The second-order valence-corrected chi connectivity index (χ2v) is 8.53. The van der Waals surface area contributed by atoms with Crippen molar-refractivity contribution in [2.75, 3.05) is 13.1 Å². The summed E-state index contributed by atoms with van der Waals surface area (Å²) in [5.74, 6) is 1.07. The quantitative estimate of drug-likeness (QED) is 0.637. The molecule has 0 bridgehead atoms. The van der Waals surface area contributed by atoms with Crippen LogP contribution in [0, 0.1) is 20.8 Å². The van der Waals surface area contributed by atoms with Gasteiger partial charge in [0.1, 0.15) is 4.88 Å². The lowest BCUT2D eigenvalue weighted by Gasteiger charge is -2.32. The van der Waals surface area contributed by atoms with Gasteiger partial charge < -0.3 is 9.42 Å². The fourth-order valence-corrected chi connectivity index (χ4v) is 4.80. The van der Waals surface area contributed by atoms with Crippen LogP contribution in [0.15, 0.2) is 10.6 Å². The Bertz CT molecular complexity index is 1020. The average Bonchev–Trinajstić information content (AvgIpc) is 3.41. The summed E-state index contributed by atoms with van der Waals surface area (Å²) in [6.45, 7) is 7.43. The van der Waals surface area contributed by atoms with Crippen molar-refractivity contribution in [3.63, 3.8) is 0 Å². The second kappa shape index (κ2) is 8.06. The minimum Gasteiger partial charge on any atom is -0.355 e. The minimum atomic E-state index is 0.175. The first-order valence-corrected chi connectivity index (χ1v) is 10.7. The molecule has 0 saturated carbocycles. The Labute approximate surface area is 174 Å². The molecule has 9 heteroatoms. The highest BCUT2D eigenvalue weighted by Gasteiger charge is 2.30. The van der Waals surface area contributed by atoms with E-state index in [1.54, 1.807) is 0 Å². The summed E-state index contributed by atoms with van der Waals surface area (Å²) < 4.78 is 11.4. The summed E-state index contributed by atoms with van der Waals surface area (Å²) in [4.78, 5) is 15.8. The van der Waals surface area contributed by atoms with Crippen LogP contribution in [0.5, 0.6) is 0 Å². The molecule has 1 atom stereocenters. The number of hydrogen-bond donors (Lipinski definition) is 0. The van der Waals surface area contributed by atoms with Crippen LogP contribution in [-0.4, -0.2) is 48.4 Å². The van der Waals surface area contributed by atoms with Gasteiger partial charge >= 0.3 is 0 Å². The third kappa shape index (κ3) is 3.96. The molecule has 0 unspecified atom stereocenters. The SMILES string of the molecule is Cc1cc(-c2snnc2[C@@H]2CCCN(C(=O)CCc3c(C)nn(C)c3C)C2)on1. The molecule has 3 aromatic rings. The van der Waals surface area contributed by atoms with E-state index in [9.17, 15) is 4.79 Å². The van der Waals surface area contributed by atoms with E-state index < -0.39 is 0 Å². The van der Waals surface area contributed by atoms with Crippen molar-refractivity contribution >= 4 is 17.4 Å². The first kappa shape index (κ1) is 19.8. The van der Waals surface area contributed by atoms with Crippen molar-refractivity contribution in [3.8, 4) is 10.6 Å². The Hall–Kier alpha value is -2.55. The van der Waals surface area contributed by atoms with Crippen LogP contribution in [0.1, 0.15) is 53.5 Å². The Morgan fingerprint density at radius 3 is 2.86 bits per heavy atom. The molecule has 4 heterocycles. The lowest BCUT2D eigenvalue weighted by Crippen LogP contribution is -2.39. The van der Waals surface area contributed by atoms with Crippen molar-refractivity contribution < 1.29 is 9.32 Å². The summed E-state index contributed by atoms with van der Waals surface area (Å²) >= 11 is 1.32. The lowest BCUT2D eigenvalue weighted by atomic mass is 9.93. The van der Waals surface area contributed by atoms with Gasteiger partial charge in [-0.05, 0) is 57.1 Å². The summed E-state index contributed by atoms with van der Waals surface area (Å²) in [6.07, 6.45) is 3.19. The highest BCUT2D eigenvalue weighted by molar-refractivity contribution is 7.09. The van der Waals surface area contributed by atoms with Crippen molar-refractivity contribution in [2.24, 2.45) is 7.05 Å². The van der Waals surface area contributed by atoms with Crippen molar-refractivity contribution in [1.29, 1.82) is 0 Å². The first-order chi connectivity index (χ1) is 13.9. The van der Waals surface area contributed by atoms with Gasteiger partial charge in [0, 0.05) is 44.2 Å². The number of piperidine rings is 1. The highest BCUT2D eigenvalue weighted by atomic mass is 32.1. The fraction of sp³-hybridized carbons (Fsp3) is 0.550. The van der Waals surface area contributed by atoms with Gasteiger partial charge in [-0.15, -0.1) is 5.10 Å². The number of aryl methyl sites for hydroxylation is 3. The molecule has 4 rings (SSSR count). The molecule has 3 aromatic heterocycles. The maximum absolute atomic E-state index is 12.9. The van der Waals surface area contributed by atoms with E-state index in [1.807, 2.05) is 36.5 Å². The maximum atomic E-state index is 12.9. The van der Waals surface area contributed by atoms with Crippen molar-refractivity contribution in [1.82, 2.24) is 29.4 Å². The molecule has 154 valence electrons. The van der Waals surface area contributed by atoms with E-state index in [4.69, 9.17) is 4.52 Å². The summed E-state index contributed by atoms with van der Waals surface area (Å²) in [6, 6.07) is 1.91. The number of hydrogen-bond acceptors (Lipinski definition) is 7. The Kier molecular flexibility index (Phi) is 5.49. The maximum Gasteiger partial charge on any atom is 0.222 e. The largest absolute Gasteiger partial charge is 0.355 e. The molecule has 1 aliphatic rings. The minimum absolute atomic E-state index is 0.175. The average molecular weight is 415 g/mol. The number of rotatable bonds is 5. The molecule has 0 aromatic carbocycles. The molecular formula is C20H26N6O2S. The fourth-order valence-electron chi connectivity index (χ4n) is 4.10. The Morgan fingerprint density at radius 1 is 1.34 bits per heavy atom. The van der Waals surface area contributed by atoms with Crippen LogP contribution in [0.2, 0.25) is 0 Å². The van der Waals surface area contributed by atoms with Gasteiger partial charge in [-0.2, -0.15) is 5.10 Å². The molecule has 29 heavy (non-hydrogen) atoms. The molecule has 0 radical (unpaired) electrons. The topological polar surface area (TPSA) is 89.9 Å². The van der Waals surface area contributed by atoms with Crippen molar-refractivity contribution in [2.45, 2.75) is 52.4 Å². The van der Waals surface area contributed by atoms with Gasteiger partial charge in [0.2, 0.25) is 5.91 Å². The lowest BCUT2D eigenvalue weighted by molar-refractivity contribution is -0.132. The third-order valence-corrected chi connectivity index (χ3v) is 6.53. The number of carbonyl (C=O) groups is 1. The van der Waals surface area contributed by atoms with E-state index in [0.29, 0.717) is 18.7 Å². The van der Waals surface area contributed by atoms with Gasteiger partial charge in [0.15, 0.2) is 5.76 Å². The number of nitrogens with zero attached hydrogens (tertiary/aromatic N) is 6. The van der Waals surface area contributed by atoms with Gasteiger partial charge in [0.05, 0.1) is 17.1 Å². The number of likely N-dealkylation sites (tertiary alicyclic amines) is 1. The smallest absolute Gasteiger partial charge is 0.222 e. The predicted molar refractivity (Wildman–Crippen MR) is 110 cm³/mol. The molecule has 0 spiro atoms. The zero-order chi connectivity index (χ0) is 20.5. The third-order valence-electron chi connectivity index (χ3n) is 5.77. The molecular weight excluding hydrogens is 388 g/mol. The van der Waals surface area contributed by atoms with Gasteiger partial charge in [-0.1, -0.05) is 9.64 Å². The molecule has 1 aliphatic heterocycles. The molecule has 1 fully saturated rings. The monoisotopic (exact) mass is 414 g/mol. The van der Waals surface area contributed by atoms with E-state index in [1.165, 1.54) is 17.1 Å². The Morgan fingerprint density at radius 2 is 2.17 bits per heavy atom. The molecule has 0 N–H and O–H groups in total. The van der Waals surface area contributed by atoms with Crippen LogP contribution in [-0.2, 0) is 18.3 Å². The number of amides is 1. The van der Waals surface area contributed by atoms with Crippen molar-refractivity contribution in [3.05, 3.63) is 34.4 Å². The van der Waals surface area contributed by atoms with Crippen LogP contribution < -0.4 is 0 Å². The van der Waals surface area contributed by atoms with Crippen LogP contribution in [0.3, 0.4) is 0 Å². The molecule has 1 saturated heterocycles. The summed E-state index contributed by atoms with van der Waals surface area (Å²) in [7, 11) is 1.94. The molecule has 8 nitrogen and oxygen atoms in total. The van der Waals surface area contributed by atoms with Crippen LogP contribution in [0.25, 0.3) is 10.6 Å². The Balaban J connectivity index is 1.44. The number of aromatic nitrogens is 5. The normalized spacial score (nSPS) is 17.1. The standard InChI is InChI=1S/C20H26N6O2S/c1-12-10-17(28-23-12)20-19(21-24-29-20)15-6-5-9-26(11-15)18(27)8-7-16-13(2)22-25(4)14(16)3/h10,15H,5-9,11H2,1-4H3/t15-/m1/s1. The van der Waals surface area contributed by atoms with Crippen LogP contribution >= 0.6 is 11.5 Å². The first-order valence-electron chi connectivity index (χ1n) is 9.96. The molecule has 1 amide bonds. The second-order valence-electron chi connectivity index (χ2n) is 7.77. The van der Waals surface area contributed by atoms with E-state index >= 15 is 0 Å². The van der Waals surface area contributed by atoms with Gasteiger partial charge in [-0.25, -0.2) is 0 Å². The highest BCUT2D eigenvalue weighted by Crippen LogP contribution is 2.35. The summed E-state index contributed by atoms with van der Waals surface area (Å²) in [5.41, 5.74) is 5.08. The van der Waals surface area contributed by atoms with Crippen LogP contribution in [0.4, 0.5) is 0 Å². The number of carbonyl (C=O) groups excluding carboxylic acids is 1. The van der Waals surface area contributed by atoms with E-state index in [0.717, 1.165) is 53.5 Å². The zero-order valence-electron chi connectivity index (χ0n) is 17.3. The van der Waals surface area contributed by atoms with E-state index in [-0.39, 0.29) is 11.8 Å². The van der Waals surface area contributed by atoms with Gasteiger partial charge in [0.25, 0.3) is 0 Å². The van der Waals surface area contributed by atoms with E-state index in [2.05, 4.69) is 26.8 Å². The molecule has 0 aliphatic carbocycles.